The number of piperidine rings is 1. The number of halogens is 1. The standard InChI is InChI=1S/C15H19FN2O3S/c16-12-5-1-2-6-13(12)18-7-3-4-11(8-18)17-14(19)9-22-10-15(20)21/h1-2,5-6,11H,3-4,7-10H2,(H,17,19)(H,20,21). The zero-order valence-corrected chi connectivity index (χ0v) is 12.9. The van der Waals surface area contributed by atoms with Gasteiger partial charge in [-0.2, -0.15) is 0 Å². The smallest absolute Gasteiger partial charge is 0.313 e. The fraction of sp³-hybridized carbons (Fsp3) is 0.467. The van der Waals surface area contributed by atoms with Crippen LogP contribution in [0.15, 0.2) is 24.3 Å². The number of carbonyl (C=O) groups excluding carboxylic acids is 1. The van der Waals surface area contributed by atoms with Gasteiger partial charge >= 0.3 is 5.97 Å². The largest absolute Gasteiger partial charge is 0.481 e. The zero-order chi connectivity index (χ0) is 15.9. The van der Waals surface area contributed by atoms with Crippen LogP contribution in [0.2, 0.25) is 0 Å². The van der Waals surface area contributed by atoms with Crippen LogP contribution in [0.4, 0.5) is 10.1 Å². The molecule has 1 unspecified atom stereocenters. The number of anilines is 1. The molecule has 0 radical (unpaired) electrons. The lowest BCUT2D eigenvalue weighted by atomic mass is 10.0. The van der Waals surface area contributed by atoms with Crippen LogP contribution < -0.4 is 10.2 Å². The lowest BCUT2D eigenvalue weighted by Gasteiger charge is -2.34. The van der Waals surface area contributed by atoms with Crippen molar-refractivity contribution in [1.82, 2.24) is 5.32 Å². The van der Waals surface area contributed by atoms with Crippen molar-refractivity contribution in [3.63, 3.8) is 0 Å². The van der Waals surface area contributed by atoms with E-state index in [2.05, 4.69) is 5.32 Å². The number of carbonyl (C=O) groups is 2. The number of benzene rings is 1. The Hall–Kier alpha value is -1.76. The molecule has 0 aromatic heterocycles. The molecule has 1 aliphatic heterocycles. The maximum Gasteiger partial charge on any atom is 0.313 e. The molecule has 1 atom stereocenters. The predicted octanol–water partition coefficient (Wildman–Crippen LogP) is 1.73. The molecule has 7 heteroatoms. The third-order valence-corrected chi connectivity index (χ3v) is 4.36. The van der Waals surface area contributed by atoms with Crippen LogP contribution in [-0.4, -0.2) is 47.6 Å². The van der Waals surface area contributed by atoms with Gasteiger partial charge in [0.15, 0.2) is 0 Å². The summed E-state index contributed by atoms with van der Waals surface area (Å²) in [5.41, 5.74) is 0.557. The SMILES string of the molecule is O=C(O)CSCC(=O)NC1CCCN(c2ccccc2F)C1. The summed E-state index contributed by atoms with van der Waals surface area (Å²) in [5, 5.41) is 11.4. The first kappa shape index (κ1) is 16.6. The molecule has 120 valence electrons. The predicted molar refractivity (Wildman–Crippen MR) is 84.7 cm³/mol. The Morgan fingerprint density at radius 3 is 2.86 bits per heavy atom. The minimum Gasteiger partial charge on any atom is -0.481 e. The minimum atomic E-state index is -0.929. The van der Waals surface area contributed by atoms with Crippen molar-refractivity contribution in [3.05, 3.63) is 30.1 Å². The van der Waals surface area contributed by atoms with Crippen LogP contribution in [0.5, 0.6) is 0 Å². The quantitative estimate of drug-likeness (QED) is 0.833. The molecule has 5 nitrogen and oxygen atoms in total. The lowest BCUT2D eigenvalue weighted by molar-refractivity contribution is -0.133. The third-order valence-electron chi connectivity index (χ3n) is 3.44. The number of hydrogen-bond acceptors (Lipinski definition) is 4. The molecular weight excluding hydrogens is 307 g/mol. The third kappa shape index (κ3) is 4.91. The number of rotatable bonds is 6. The molecule has 22 heavy (non-hydrogen) atoms. The average Bonchev–Trinajstić information content (AvgIpc) is 2.47. The van der Waals surface area contributed by atoms with Gasteiger partial charge in [-0.05, 0) is 25.0 Å². The topological polar surface area (TPSA) is 69.6 Å². The van der Waals surface area contributed by atoms with Gasteiger partial charge in [-0.3, -0.25) is 9.59 Å². The van der Waals surface area contributed by atoms with E-state index in [1.807, 2.05) is 4.90 Å². The van der Waals surface area contributed by atoms with Gasteiger partial charge in [-0.15, -0.1) is 11.8 Å². The molecule has 1 amide bonds. The van der Waals surface area contributed by atoms with Crippen molar-refractivity contribution in [3.8, 4) is 0 Å². The van der Waals surface area contributed by atoms with E-state index in [-0.39, 0.29) is 29.3 Å². The molecular formula is C15H19FN2O3S. The molecule has 0 aliphatic carbocycles. The van der Waals surface area contributed by atoms with Crippen molar-refractivity contribution < 1.29 is 19.1 Å². The number of thioether (sulfide) groups is 1. The highest BCUT2D eigenvalue weighted by Gasteiger charge is 2.23. The lowest BCUT2D eigenvalue weighted by Crippen LogP contribution is -2.48. The summed E-state index contributed by atoms with van der Waals surface area (Å²) in [6.07, 6.45) is 1.72. The van der Waals surface area contributed by atoms with Crippen molar-refractivity contribution in [2.75, 3.05) is 29.5 Å². The second kappa shape index (κ2) is 8.03. The van der Waals surface area contributed by atoms with Gasteiger partial charge < -0.3 is 15.3 Å². The maximum absolute atomic E-state index is 13.8. The summed E-state index contributed by atoms with van der Waals surface area (Å²) in [7, 11) is 0. The van der Waals surface area contributed by atoms with E-state index in [1.54, 1.807) is 18.2 Å². The number of para-hydroxylation sites is 1. The highest BCUT2D eigenvalue weighted by Crippen LogP contribution is 2.22. The van der Waals surface area contributed by atoms with Crippen molar-refractivity contribution >= 4 is 29.3 Å². The van der Waals surface area contributed by atoms with E-state index < -0.39 is 5.97 Å². The molecule has 0 spiro atoms. The fourth-order valence-corrected chi connectivity index (χ4v) is 3.07. The van der Waals surface area contributed by atoms with Crippen molar-refractivity contribution in [1.29, 1.82) is 0 Å². The highest BCUT2D eigenvalue weighted by atomic mass is 32.2. The van der Waals surface area contributed by atoms with Crippen LogP contribution >= 0.6 is 11.8 Å². The van der Waals surface area contributed by atoms with Crippen LogP contribution in [0.3, 0.4) is 0 Å². The number of nitrogens with one attached hydrogen (secondary N) is 1. The van der Waals surface area contributed by atoms with Crippen molar-refractivity contribution in [2.24, 2.45) is 0 Å². The molecule has 1 saturated heterocycles. The molecule has 1 fully saturated rings. The van der Waals surface area contributed by atoms with E-state index in [9.17, 15) is 14.0 Å². The van der Waals surface area contributed by atoms with Gasteiger partial charge in [0, 0.05) is 19.1 Å². The Morgan fingerprint density at radius 1 is 1.36 bits per heavy atom. The second-order valence-electron chi connectivity index (χ2n) is 5.19. The molecule has 1 aromatic carbocycles. The molecule has 2 rings (SSSR count). The Balaban J connectivity index is 1.84. The number of aliphatic carboxylic acids is 1. The van der Waals surface area contributed by atoms with Crippen LogP contribution in [0.25, 0.3) is 0 Å². The number of amides is 1. The first-order valence-corrected chi connectivity index (χ1v) is 8.30. The summed E-state index contributed by atoms with van der Waals surface area (Å²) in [4.78, 5) is 24.1. The molecule has 1 aliphatic rings. The summed E-state index contributed by atoms with van der Waals surface area (Å²) >= 11 is 1.07. The van der Waals surface area contributed by atoms with Gasteiger partial charge in [0.25, 0.3) is 0 Å². The Bertz CT molecular complexity index is 541. The van der Waals surface area contributed by atoms with E-state index in [1.165, 1.54) is 6.07 Å². The molecule has 2 N–H and O–H groups in total. The van der Waals surface area contributed by atoms with E-state index >= 15 is 0 Å². The minimum absolute atomic E-state index is 0.0358. The first-order valence-electron chi connectivity index (χ1n) is 7.14. The van der Waals surface area contributed by atoms with Crippen molar-refractivity contribution in [2.45, 2.75) is 18.9 Å². The van der Waals surface area contributed by atoms with E-state index in [0.717, 1.165) is 31.1 Å². The van der Waals surface area contributed by atoms with Crippen LogP contribution in [0.1, 0.15) is 12.8 Å². The van der Waals surface area contributed by atoms with E-state index in [4.69, 9.17) is 5.11 Å². The van der Waals surface area contributed by atoms with Gasteiger partial charge in [0.2, 0.25) is 5.91 Å². The zero-order valence-electron chi connectivity index (χ0n) is 12.1. The first-order chi connectivity index (χ1) is 10.6. The fourth-order valence-electron chi connectivity index (χ4n) is 2.52. The van der Waals surface area contributed by atoms with E-state index in [0.29, 0.717) is 12.2 Å². The molecule has 0 bridgehead atoms. The Morgan fingerprint density at radius 2 is 2.14 bits per heavy atom. The normalized spacial score (nSPS) is 18.0. The monoisotopic (exact) mass is 326 g/mol. The number of hydrogen-bond donors (Lipinski definition) is 2. The average molecular weight is 326 g/mol. The van der Waals surface area contributed by atoms with Crippen LogP contribution in [-0.2, 0) is 9.59 Å². The Labute approximate surface area is 132 Å². The molecule has 1 heterocycles. The Kier molecular flexibility index (Phi) is 6.06. The summed E-state index contributed by atoms with van der Waals surface area (Å²) in [6, 6.07) is 6.58. The number of carboxylic acid groups (broad SMARTS) is 1. The van der Waals surface area contributed by atoms with Gasteiger partial charge in [-0.1, -0.05) is 12.1 Å². The maximum atomic E-state index is 13.8. The molecule has 0 saturated carbocycles. The van der Waals surface area contributed by atoms with Crippen LogP contribution in [0, 0.1) is 5.82 Å². The second-order valence-corrected chi connectivity index (χ2v) is 6.18. The summed E-state index contributed by atoms with van der Waals surface area (Å²) < 4.78 is 13.8. The number of nitrogens with zero attached hydrogens (tertiary/aromatic N) is 1. The molecule has 1 aromatic rings. The van der Waals surface area contributed by atoms with Gasteiger partial charge in [0.05, 0.1) is 17.2 Å². The highest BCUT2D eigenvalue weighted by molar-refractivity contribution is 8.00. The number of carboxylic acids is 1. The van der Waals surface area contributed by atoms with Gasteiger partial charge in [0.1, 0.15) is 5.82 Å². The van der Waals surface area contributed by atoms with Gasteiger partial charge in [-0.25, -0.2) is 4.39 Å². The summed E-state index contributed by atoms with van der Waals surface area (Å²) in [5.74, 6) is -1.32. The summed E-state index contributed by atoms with van der Waals surface area (Å²) in [6.45, 7) is 1.33.